The van der Waals surface area contributed by atoms with Crippen LogP contribution in [0.1, 0.15) is 19.4 Å². The summed E-state index contributed by atoms with van der Waals surface area (Å²) < 4.78 is 1.69. The van der Waals surface area contributed by atoms with Gasteiger partial charge in [-0.05, 0) is 37.9 Å². The molecule has 6 heteroatoms. The minimum atomic E-state index is -0.804. The Labute approximate surface area is 110 Å². The maximum atomic E-state index is 9.74. The molecule has 2 rings (SSSR count). The number of hydrogen-bond donors (Lipinski definition) is 1. The summed E-state index contributed by atoms with van der Waals surface area (Å²) >= 11 is 5.79. The normalized spacial score (nSPS) is 11.8. The van der Waals surface area contributed by atoms with E-state index >= 15 is 0 Å². The quantitative estimate of drug-likeness (QED) is 0.864. The first-order valence-corrected chi connectivity index (χ1v) is 5.97. The molecule has 0 unspecified atom stereocenters. The van der Waals surface area contributed by atoms with E-state index in [9.17, 15) is 5.11 Å². The van der Waals surface area contributed by atoms with E-state index in [1.807, 2.05) is 13.1 Å². The summed E-state index contributed by atoms with van der Waals surface area (Å²) in [6.45, 7) is 5.81. The van der Waals surface area contributed by atoms with E-state index in [-0.39, 0.29) is 5.28 Å². The number of rotatable bonds is 3. The van der Waals surface area contributed by atoms with Gasteiger partial charge < -0.3 is 5.11 Å². The molecule has 1 N–H and O–H groups in total. The van der Waals surface area contributed by atoms with E-state index in [1.165, 1.54) is 0 Å². The zero-order chi connectivity index (χ0) is 13.3. The highest BCUT2D eigenvalue weighted by atomic mass is 35.5. The summed E-state index contributed by atoms with van der Waals surface area (Å²) in [6, 6.07) is 0. The van der Waals surface area contributed by atoms with Crippen molar-refractivity contribution in [2.75, 3.05) is 0 Å². The second-order valence-corrected chi connectivity index (χ2v) is 5.25. The molecule has 2 aromatic rings. The molecule has 2 aromatic heterocycles. The maximum absolute atomic E-state index is 9.74. The van der Waals surface area contributed by atoms with E-state index < -0.39 is 5.60 Å². The lowest BCUT2D eigenvalue weighted by molar-refractivity contribution is 0.0577. The highest BCUT2D eigenvalue weighted by Gasteiger charge is 2.15. The molecule has 2 heterocycles. The molecule has 0 radical (unpaired) electrons. The van der Waals surface area contributed by atoms with Gasteiger partial charge in [-0.3, -0.25) is 4.68 Å². The van der Waals surface area contributed by atoms with Crippen LogP contribution in [0, 0.1) is 6.92 Å². The molecule has 0 aliphatic carbocycles. The minimum absolute atomic E-state index is 0.214. The monoisotopic (exact) mass is 266 g/mol. The molecule has 0 fully saturated rings. The van der Waals surface area contributed by atoms with Gasteiger partial charge >= 0.3 is 0 Å². The van der Waals surface area contributed by atoms with Gasteiger partial charge in [0.05, 0.1) is 24.0 Å². The smallest absolute Gasteiger partial charge is 0.222 e. The van der Waals surface area contributed by atoms with Crippen LogP contribution in [-0.4, -0.2) is 30.5 Å². The first-order valence-electron chi connectivity index (χ1n) is 5.59. The molecule has 0 bridgehead atoms. The van der Waals surface area contributed by atoms with Crippen molar-refractivity contribution in [1.82, 2.24) is 19.7 Å². The Balaban J connectivity index is 2.32. The van der Waals surface area contributed by atoms with Crippen LogP contribution in [0.2, 0.25) is 5.28 Å². The van der Waals surface area contributed by atoms with E-state index in [0.29, 0.717) is 6.54 Å². The molecule has 0 saturated heterocycles. The van der Waals surface area contributed by atoms with Crippen LogP contribution in [-0.2, 0) is 6.54 Å². The molecule has 0 amide bonds. The Hall–Kier alpha value is -1.46. The predicted molar refractivity (Wildman–Crippen MR) is 69.3 cm³/mol. The third-order valence-electron chi connectivity index (χ3n) is 2.40. The summed E-state index contributed by atoms with van der Waals surface area (Å²) in [4.78, 5) is 8.11. The van der Waals surface area contributed by atoms with Crippen LogP contribution in [0.3, 0.4) is 0 Å². The SMILES string of the molecule is Cc1cnc(Cl)nc1-c1cnn(CC(C)(C)O)c1. The van der Waals surface area contributed by atoms with Crippen molar-refractivity contribution in [3.8, 4) is 11.3 Å². The molecule has 5 nitrogen and oxygen atoms in total. The van der Waals surface area contributed by atoms with Crippen LogP contribution >= 0.6 is 11.6 Å². The van der Waals surface area contributed by atoms with Gasteiger partial charge in [0.2, 0.25) is 5.28 Å². The first-order chi connectivity index (χ1) is 8.35. The minimum Gasteiger partial charge on any atom is -0.389 e. The third kappa shape index (κ3) is 3.05. The molecule has 0 aliphatic heterocycles. The van der Waals surface area contributed by atoms with Crippen LogP contribution in [0.4, 0.5) is 0 Å². The lowest BCUT2D eigenvalue weighted by Crippen LogP contribution is -2.26. The van der Waals surface area contributed by atoms with Crippen molar-refractivity contribution < 1.29 is 5.11 Å². The second kappa shape index (κ2) is 4.66. The lowest BCUT2D eigenvalue weighted by atomic mass is 10.1. The van der Waals surface area contributed by atoms with Crippen LogP contribution < -0.4 is 0 Å². The average Bonchev–Trinajstić information content (AvgIpc) is 2.67. The van der Waals surface area contributed by atoms with Crippen LogP contribution in [0.5, 0.6) is 0 Å². The zero-order valence-corrected chi connectivity index (χ0v) is 11.3. The lowest BCUT2D eigenvalue weighted by Gasteiger charge is -2.16. The molecule has 18 heavy (non-hydrogen) atoms. The average molecular weight is 267 g/mol. The molecule has 0 spiro atoms. The largest absolute Gasteiger partial charge is 0.389 e. The standard InChI is InChI=1S/C12H15ClN4O/c1-8-4-14-11(13)16-10(8)9-5-15-17(6-9)7-12(2,3)18/h4-6,18H,7H2,1-3H3. The van der Waals surface area contributed by atoms with Crippen molar-refractivity contribution in [3.63, 3.8) is 0 Å². The van der Waals surface area contributed by atoms with E-state index in [1.54, 1.807) is 30.9 Å². The van der Waals surface area contributed by atoms with E-state index in [4.69, 9.17) is 11.6 Å². The number of aryl methyl sites for hydroxylation is 1. The number of aromatic nitrogens is 4. The summed E-state index contributed by atoms with van der Waals surface area (Å²) in [5.74, 6) is 0. The topological polar surface area (TPSA) is 63.8 Å². The van der Waals surface area contributed by atoms with E-state index in [2.05, 4.69) is 15.1 Å². The number of aliphatic hydroxyl groups is 1. The molecule has 0 saturated carbocycles. The first kappa shape index (κ1) is 13.0. The summed E-state index contributed by atoms with van der Waals surface area (Å²) in [7, 11) is 0. The number of nitrogens with zero attached hydrogens (tertiary/aromatic N) is 4. The number of hydrogen-bond acceptors (Lipinski definition) is 4. The van der Waals surface area contributed by atoms with Gasteiger partial charge in [-0.25, -0.2) is 9.97 Å². The van der Waals surface area contributed by atoms with Crippen molar-refractivity contribution in [2.24, 2.45) is 0 Å². The van der Waals surface area contributed by atoms with Crippen molar-refractivity contribution in [1.29, 1.82) is 0 Å². The van der Waals surface area contributed by atoms with Crippen LogP contribution in [0.25, 0.3) is 11.3 Å². The summed E-state index contributed by atoms with van der Waals surface area (Å²) in [5.41, 5.74) is 1.75. The summed E-state index contributed by atoms with van der Waals surface area (Å²) in [6.07, 6.45) is 5.22. The van der Waals surface area contributed by atoms with Crippen molar-refractivity contribution in [2.45, 2.75) is 32.9 Å². The molecule has 0 aromatic carbocycles. The summed E-state index contributed by atoms with van der Waals surface area (Å²) in [5, 5.41) is 14.2. The molecule has 0 aliphatic rings. The van der Waals surface area contributed by atoms with Gasteiger partial charge in [0.15, 0.2) is 0 Å². The highest BCUT2D eigenvalue weighted by Crippen LogP contribution is 2.21. The predicted octanol–water partition coefficient (Wildman–Crippen LogP) is 2.07. The van der Waals surface area contributed by atoms with Crippen LogP contribution in [0.15, 0.2) is 18.6 Å². The Morgan fingerprint density at radius 1 is 1.39 bits per heavy atom. The Morgan fingerprint density at radius 2 is 2.11 bits per heavy atom. The molecular formula is C12H15ClN4O. The van der Waals surface area contributed by atoms with Gasteiger partial charge in [0.1, 0.15) is 0 Å². The molecule has 0 atom stereocenters. The molecular weight excluding hydrogens is 252 g/mol. The Bertz CT molecular complexity index is 559. The van der Waals surface area contributed by atoms with Gasteiger partial charge in [-0.15, -0.1) is 0 Å². The fourth-order valence-electron chi connectivity index (χ4n) is 1.68. The van der Waals surface area contributed by atoms with Crippen molar-refractivity contribution >= 4 is 11.6 Å². The fourth-order valence-corrected chi connectivity index (χ4v) is 1.81. The highest BCUT2D eigenvalue weighted by molar-refractivity contribution is 6.28. The van der Waals surface area contributed by atoms with E-state index in [0.717, 1.165) is 16.8 Å². The van der Waals surface area contributed by atoms with Gasteiger partial charge in [0.25, 0.3) is 0 Å². The Morgan fingerprint density at radius 3 is 2.78 bits per heavy atom. The third-order valence-corrected chi connectivity index (χ3v) is 2.58. The second-order valence-electron chi connectivity index (χ2n) is 4.91. The fraction of sp³-hybridized carbons (Fsp3) is 0.417. The van der Waals surface area contributed by atoms with Gasteiger partial charge in [0, 0.05) is 18.0 Å². The molecule has 96 valence electrons. The van der Waals surface area contributed by atoms with Crippen molar-refractivity contribution in [3.05, 3.63) is 29.4 Å². The zero-order valence-electron chi connectivity index (χ0n) is 10.6. The Kier molecular flexibility index (Phi) is 3.36. The van der Waals surface area contributed by atoms with Gasteiger partial charge in [-0.2, -0.15) is 5.10 Å². The van der Waals surface area contributed by atoms with Gasteiger partial charge in [-0.1, -0.05) is 0 Å². The number of halogens is 1. The maximum Gasteiger partial charge on any atom is 0.222 e.